The van der Waals surface area contributed by atoms with E-state index in [0.717, 1.165) is 12.3 Å². The Hall–Kier alpha value is -1.87. The highest BCUT2D eigenvalue weighted by atomic mass is 35.5. The van der Waals surface area contributed by atoms with Gasteiger partial charge < -0.3 is 14.3 Å². The van der Waals surface area contributed by atoms with Crippen molar-refractivity contribution >= 4 is 52.1 Å². The van der Waals surface area contributed by atoms with Gasteiger partial charge in [0.1, 0.15) is 23.0 Å². The van der Waals surface area contributed by atoms with Gasteiger partial charge in [-0.3, -0.25) is 0 Å². The minimum absolute atomic E-state index is 0.0837. The number of pyridine rings is 1. The van der Waals surface area contributed by atoms with Crippen molar-refractivity contribution < 1.29 is 27.5 Å². The van der Waals surface area contributed by atoms with Gasteiger partial charge in [0, 0.05) is 30.7 Å². The molecule has 0 spiro atoms. The highest BCUT2D eigenvalue weighted by Crippen LogP contribution is 2.34. The maximum Gasteiger partial charge on any atom is 0.417 e. The molecule has 1 atom stereocenters. The van der Waals surface area contributed by atoms with E-state index in [4.69, 9.17) is 60.7 Å². The van der Waals surface area contributed by atoms with E-state index in [1.54, 1.807) is 12.1 Å². The summed E-state index contributed by atoms with van der Waals surface area (Å²) < 4.78 is 48.6. The van der Waals surface area contributed by atoms with Gasteiger partial charge in [0.15, 0.2) is 0 Å². The third-order valence-corrected chi connectivity index (χ3v) is 5.18. The number of aromatic nitrogens is 1. The van der Waals surface area contributed by atoms with Crippen LogP contribution in [0.15, 0.2) is 46.2 Å². The molecule has 0 amide bonds. The first-order valence-electron chi connectivity index (χ1n) is 9.15. The number of benzene rings is 1. The predicted molar refractivity (Wildman–Crippen MR) is 117 cm³/mol. The standard InChI is InChI=1S/C20H15Cl4F3N2O3/c21-14-7-13(30-6-4-17(23)24)8-15(22)19(14)16-9-12(32-29-16)3-5-31-18-2-1-11(10-28-18)20(25,26)27/h1-2,4,7-8,10,12H,3,5-6,9H2. The fourth-order valence-electron chi connectivity index (χ4n) is 2.77. The zero-order chi connectivity index (χ0) is 23.3. The summed E-state index contributed by atoms with van der Waals surface area (Å²) in [6.07, 6.45) is -1.70. The lowest BCUT2D eigenvalue weighted by Gasteiger charge is -2.11. The second-order valence-corrected chi connectivity index (χ2v) is 8.38. The predicted octanol–water partition coefficient (Wildman–Crippen LogP) is 7.07. The molecule has 1 aromatic carbocycles. The third kappa shape index (κ3) is 6.81. The van der Waals surface area contributed by atoms with Crippen molar-refractivity contribution in [3.8, 4) is 11.6 Å². The normalized spacial score (nSPS) is 15.7. The molecule has 2 heterocycles. The van der Waals surface area contributed by atoms with Crippen LogP contribution in [-0.4, -0.2) is 30.0 Å². The number of hydrogen-bond acceptors (Lipinski definition) is 5. The van der Waals surface area contributed by atoms with Crippen LogP contribution in [0.5, 0.6) is 11.6 Å². The Morgan fingerprint density at radius 1 is 1.16 bits per heavy atom. The van der Waals surface area contributed by atoms with E-state index in [0.29, 0.717) is 39.9 Å². The molecule has 0 aliphatic carbocycles. The summed E-state index contributed by atoms with van der Waals surface area (Å²) in [7, 11) is 0. The molecule has 3 rings (SSSR count). The first kappa shape index (κ1) is 24.8. The molecular formula is C20H15Cl4F3N2O3. The number of rotatable bonds is 8. The Labute approximate surface area is 201 Å². The molecule has 12 heteroatoms. The Kier molecular flexibility index (Phi) is 8.38. The molecular weight excluding hydrogens is 515 g/mol. The van der Waals surface area contributed by atoms with E-state index in [-0.39, 0.29) is 29.7 Å². The quantitative estimate of drug-likeness (QED) is 0.367. The fourth-order valence-corrected chi connectivity index (χ4v) is 3.58. The number of hydrogen-bond donors (Lipinski definition) is 0. The van der Waals surface area contributed by atoms with Crippen LogP contribution < -0.4 is 9.47 Å². The van der Waals surface area contributed by atoms with Crippen molar-refractivity contribution in [2.24, 2.45) is 5.16 Å². The second kappa shape index (κ2) is 10.8. The zero-order valence-corrected chi connectivity index (χ0v) is 19.2. The van der Waals surface area contributed by atoms with Gasteiger partial charge in [-0.15, -0.1) is 0 Å². The number of halogens is 7. The van der Waals surface area contributed by atoms with E-state index in [1.165, 1.54) is 12.1 Å². The number of alkyl halides is 3. The van der Waals surface area contributed by atoms with Crippen LogP contribution in [0.4, 0.5) is 13.2 Å². The average molecular weight is 530 g/mol. The first-order valence-corrected chi connectivity index (χ1v) is 10.7. The molecule has 1 aliphatic heterocycles. The van der Waals surface area contributed by atoms with Crippen molar-refractivity contribution in [1.82, 2.24) is 4.98 Å². The number of nitrogens with zero attached hydrogens (tertiary/aromatic N) is 2. The molecule has 1 unspecified atom stereocenters. The molecule has 5 nitrogen and oxygen atoms in total. The lowest BCUT2D eigenvalue weighted by atomic mass is 10.0. The van der Waals surface area contributed by atoms with Gasteiger partial charge in [-0.1, -0.05) is 51.6 Å². The average Bonchev–Trinajstić information content (AvgIpc) is 3.15. The van der Waals surface area contributed by atoms with Gasteiger partial charge >= 0.3 is 6.18 Å². The molecule has 0 bridgehead atoms. The summed E-state index contributed by atoms with van der Waals surface area (Å²) in [5.74, 6) is 0.521. The molecule has 0 saturated heterocycles. The molecule has 0 saturated carbocycles. The Balaban J connectivity index is 1.52. The van der Waals surface area contributed by atoms with Crippen molar-refractivity contribution in [1.29, 1.82) is 0 Å². The summed E-state index contributed by atoms with van der Waals surface area (Å²) in [6, 6.07) is 5.26. The van der Waals surface area contributed by atoms with Crippen LogP contribution >= 0.6 is 46.4 Å². The molecule has 32 heavy (non-hydrogen) atoms. The monoisotopic (exact) mass is 528 g/mol. The number of oxime groups is 1. The molecule has 172 valence electrons. The molecule has 0 radical (unpaired) electrons. The van der Waals surface area contributed by atoms with Crippen LogP contribution in [0.25, 0.3) is 0 Å². The maximum absolute atomic E-state index is 12.6. The highest BCUT2D eigenvalue weighted by molar-refractivity contribution is 6.55. The minimum Gasteiger partial charge on any atom is -0.489 e. The van der Waals surface area contributed by atoms with Gasteiger partial charge in [-0.05, 0) is 24.3 Å². The maximum atomic E-state index is 12.6. The van der Waals surface area contributed by atoms with Crippen molar-refractivity contribution in [2.45, 2.75) is 25.1 Å². The van der Waals surface area contributed by atoms with Crippen LogP contribution in [0.1, 0.15) is 24.0 Å². The molecule has 0 fully saturated rings. The second-order valence-electron chi connectivity index (χ2n) is 6.56. The SMILES string of the molecule is FC(F)(F)c1ccc(OCCC2CC(c3c(Cl)cc(OCC=C(Cl)Cl)cc3Cl)=NO2)nc1. The van der Waals surface area contributed by atoms with Crippen LogP contribution in [-0.2, 0) is 11.0 Å². The van der Waals surface area contributed by atoms with Crippen LogP contribution in [0, 0.1) is 0 Å². The molecule has 1 aromatic heterocycles. The molecule has 2 aromatic rings. The van der Waals surface area contributed by atoms with E-state index in [2.05, 4.69) is 10.1 Å². The van der Waals surface area contributed by atoms with E-state index in [1.807, 2.05) is 0 Å². The summed E-state index contributed by atoms with van der Waals surface area (Å²) in [5, 5.41) is 4.72. The number of ether oxygens (including phenoxy) is 2. The van der Waals surface area contributed by atoms with E-state index in [9.17, 15) is 13.2 Å². The Morgan fingerprint density at radius 2 is 1.88 bits per heavy atom. The largest absolute Gasteiger partial charge is 0.489 e. The van der Waals surface area contributed by atoms with Gasteiger partial charge in [0.25, 0.3) is 0 Å². The summed E-state index contributed by atoms with van der Waals surface area (Å²) >= 11 is 23.8. The molecule has 1 aliphatic rings. The summed E-state index contributed by atoms with van der Waals surface area (Å²) in [6.45, 7) is 0.324. The van der Waals surface area contributed by atoms with E-state index < -0.39 is 11.7 Å². The highest BCUT2D eigenvalue weighted by Gasteiger charge is 2.31. The van der Waals surface area contributed by atoms with Crippen molar-refractivity contribution in [3.63, 3.8) is 0 Å². The summed E-state index contributed by atoms with van der Waals surface area (Å²) in [4.78, 5) is 9.06. The van der Waals surface area contributed by atoms with Gasteiger partial charge in [0.05, 0.1) is 27.9 Å². The first-order chi connectivity index (χ1) is 15.1. The lowest BCUT2D eigenvalue weighted by molar-refractivity contribution is -0.137. The van der Waals surface area contributed by atoms with Gasteiger partial charge in [-0.2, -0.15) is 13.2 Å². The Bertz CT molecular complexity index is 987. The lowest BCUT2D eigenvalue weighted by Crippen LogP contribution is -2.14. The fraction of sp³-hybridized carbons (Fsp3) is 0.300. The van der Waals surface area contributed by atoms with Crippen LogP contribution in [0.3, 0.4) is 0 Å². The smallest absolute Gasteiger partial charge is 0.417 e. The summed E-state index contributed by atoms with van der Waals surface area (Å²) in [5.41, 5.74) is 0.249. The minimum atomic E-state index is -4.45. The van der Waals surface area contributed by atoms with E-state index >= 15 is 0 Å². The topological polar surface area (TPSA) is 52.9 Å². The van der Waals surface area contributed by atoms with Gasteiger partial charge in [0.2, 0.25) is 5.88 Å². The van der Waals surface area contributed by atoms with Crippen molar-refractivity contribution in [2.75, 3.05) is 13.2 Å². The third-order valence-electron chi connectivity index (χ3n) is 4.28. The zero-order valence-electron chi connectivity index (χ0n) is 16.1. The van der Waals surface area contributed by atoms with Crippen LogP contribution in [0.2, 0.25) is 10.0 Å². The van der Waals surface area contributed by atoms with Gasteiger partial charge in [-0.25, -0.2) is 4.98 Å². The van der Waals surface area contributed by atoms with Crippen molar-refractivity contribution in [3.05, 3.63) is 62.2 Å². The molecule has 0 N–H and O–H groups in total. The Morgan fingerprint density at radius 3 is 2.47 bits per heavy atom.